The van der Waals surface area contributed by atoms with Crippen molar-refractivity contribution < 1.29 is 19.4 Å². The average Bonchev–Trinajstić information content (AvgIpc) is 2.73. The van der Waals surface area contributed by atoms with E-state index in [4.69, 9.17) is 20.3 Å². The molecule has 28 heavy (non-hydrogen) atoms. The van der Waals surface area contributed by atoms with Crippen molar-refractivity contribution in [2.75, 3.05) is 57.6 Å². The number of rotatable bonds is 7. The number of piperazine rings is 1. The molecule has 1 aromatic carbocycles. The van der Waals surface area contributed by atoms with E-state index in [2.05, 4.69) is 9.97 Å². The van der Waals surface area contributed by atoms with E-state index in [0.29, 0.717) is 79.6 Å². The van der Waals surface area contributed by atoms with E-state index < -0.39 is 0 Å². The lowest BCUT2D eigenvalue weighted by Crippen LogP contribution is -2.49. The number of fused-ring (bicyclic) bond motifs is 1. The van der Waals surface area contributed by atoms with Crippen molar-refractivity contribution >= 4 is 28.6 Å². The van der Waals surface area contributed by atoms with Crippen LogP contribution in [-0.2, 0) is 4.79 Å². The van der Waals surface area contributed by atoms with Gasteiger partial charge in [0.1, 0.15) is 5.82 Å². The maximum Gasteiger partial charge on any atom is 0.228 e. The Hall–Kier alpha value is -2.81. The number of anilines is 2. The summed E-state index contributed by atoms with van der Waals surface area (Å²) in [5.74, 6) is 2.21. The first-order valence-electron chi connectivity index (χ1n) is 9.40. The fraction of sp³-hybridized carbons (Fsp3) is 0.526. The van der Waals surface area contributed by atoms with Crippen molar-refractivity contribution in [1.82, 2.24) is 14.9 Å². The molecule has 152 valence electrons. The molecule has 0 aliphatic carbocycles. The monoisotopic (exact) mass is 389 g/mol. The molecule has 2 aromatic rings. The summed E-state index contributed by atoms with van der Waals surface area (Å²) < 4.78 is 10.7. The first kappa shape index (κ1) is 19.9. The number of methoxy groups -OCH3 is 2. The second-order valence-electron chi connectivity index (χ2n) is 6.68. The normalized spacial score (nSPS) is 14.4. The third-order valence-corrected chi connectivity index (χ3v) is 4.93. The smallest absolute Gasteiger partial charge is 0.228 e. The predicted octanol–water partition coefficient (Wildman–Crippen LogP) is 1.04. The number of aliphatic hydroxyl groups is 1. The van der Waals surface area contributed by atoms with Crippen LogP contribution in [0.15, 0.2) is 12.1 Å². The second-order valence-corrected chi connectivity index (χ2v) is 6.68. The number of amides is 1. The van der Waals surface area contributed by atoms with Gasteiger partial charge in [0.2, 0.25) is 11.9 Å². The standard InChI is InChI=1S/C19H27N5O4/c1-27-15-11-13-14(12-16(15)28-2)21-19(22-18(13)20)24-8-6-23(7-9-24)17(26)5-3-4-10-25/h11-12,25H,3-10H2,1-2H3,(H2,20,21,22). The van der Waals surface area contributed by atoms with Gasteiger partial charge < -0.3 is 30.1 Å². The van der Waals surface area contributed by atoms with Crippen molar-refractivity contribution in [3.8, 4) is 11.5 Å². The number of nitrogens with zero attached hydrogens (tertiary/aromatic N) is 4. The Labute approximate surface area is 164 Å². The van der Waals surface area contributed by atoms with Gasteiger partial charge in [0.05, 0.1) is 19.7 Å². The summed E-state index contributed by atoms with van der Waals surface area (Å²) in [6, 6.07) is 3.56. The van der Waals surface area contributed by atoms with Gasteiger partial charge in [-0.3, -0.25) is 4.79 Å². The zero-order valence-electron chi connectivity index (χ0n) is 16.3. The van der Waals surface area contributed by atoms with E-state index in [1.54, 1.807) is 26.4 Å². The predicted molar refractivity (Wildman–Crippen MR) is 107 cm³/mol. The summed E-state index contributed by atoms with van der Waals surface area (Å²) in [5, 5.41) is 9.55. The van der Waals surface area contributed by atoms with Crippen LogP contribution in [-0.4, -0.2) is 72.9 Å². The van der Waals surface area contributed by atoms with E-state index in [1.807, 2.05) is 9.80 Å². The number of aromatic nitrogens is 2. The van der Waals surface area contributed by atoms with Gasteiger partial charge in [-0.15, -0.1) is 0 Å². The van der Waals surface area contributed by atoms with E-state index in [-0.39, 0.29) is 12.5 Å². The zero-order valence-corrected chi connectivity index (χ0v) is 16.3. The first-order chi connectivity index (χ1) is 13.6. The Morgan fingerprint density at radius 1 is 1.11 bits per heavy atom. The molecule has 9 nitrogen and oxygen atoms in total. The van der Waals surface area contributed by atoms with Gasteiger partial charge in [0.25, 0.3) is 0 Å². The zero-order chi connectivity index (χ0) is 20.1. The molecule has 0 unspecified atom stereocenters. The summed E-state index contributed by atoms with van der Waals surface area (Å²) in [6.07, 6.45) is 1.84. The molecular weight excluding hydrogens is 362 g/mol. The summed E-state index contributed by atoms with van der Waals surface area (Å²) in [7, 11) is 3.14. The molecule has 1 saturated heterocycles. The quantitative estimate of drug-likeness (QED) is 0.675. The maximum atomic E-state index is 12.2. The van der Waals surface area contributed by atoms with Gasteiger partial charge in [-0.25, -0.2) is 4.98 Å². The number of benzene rings is 1. The van der Waals surface area contributed by atoms with Crippen LogP contribution < -0.4 is 20.1 Å². The van der Waals surface area contributed by atoms with E-state index >= 15 is 0 Å². The highest BCUT2D eigenvalue weighted by Gasteiger charge is 2.23. The molecule has 0 spiro atoms. The average molecular weight is 389 g/mol. The molecule has 1 amide bonds. The molecule has 1 aliphatic heterocycles. The number of nitrogen functional groups attached to an aromatic ring is 1. The molecule has 3 rings (SSSR count). The van der Waals surface area contributed by atoms with Crippen molar-refractivity contribution in [1.29, 1.82) is 0 Å². The lowest BCUT2D eigenvalue weighted by atomic mass is 10.2. The van der Waals surface area contributed by atoms with Crippen molar-refractivity contribution in [2.45, 2.75) is 19.3 Å². The summed E-state index contributed by atoms with van der Waals surface area (Å²) in [5.41, 5.74) is 6.85. The van der Waals surface area contributed by atoms with E-state index in [9.17, 15) is 4.79 Å². The molecule has 1 aromatic heterocycles. The fourth-order valence-corrected chi connectivity index (χ4v) is 3.31. The van der Waals surface area contributed by atoms with Crippen LogP contribution in [0.5, 0.6) is 11.5 Å². The van der Waals surface area contributed by atoms with Crippen LogP contribution in [0.4, 0.5) is 11.8 Å². The molecule has 1 fully saturated rings. The molecule has 3 N–H and O–H groups in total. The number of ether oxygens (including phenoxy) is 2. The Kier molecular flexibility index (Phi) is 6.35. The van der Waals surface area contributed by atoms with Crippen LogP contribution in [0, 0.1) is 0 Å². The van der Waals surface area contributed by atoms with Gasteiger partial charge in [0, 0.05) is 50.7 Å². The Morgan fingerprint density at radius 3 is 2.43 bits per heavy atom. The van der Waals surface area contributed by atoms with E-state index in [1.165, 1.54) is 0 Å². The molecule has 0 radical (unpaired) electrons. The summed E-state index contributed by atoms with van der Waals surface area (Å²) in [4.78, 5) is 25.2. The number of hydrogen-bond donors (Lipinski definition) is 2. The van der Waals surface area contributed by atoms with Crippen LogP contribution in [0.3, 0.4) is 0 Å². The Balaban J connectivity index is 1.73. The van der Waals surface area contributed by atoms with Crippen molar-refractivity contribution in [3.05, 3.63) is 12.1 Å². The minimum Gasteiger partial charge on any atom is -0.493 e. The van der Waals surface area contributed by atoms with Crippen LogP contribution in [0.25, 0.3) is 10.9 Å². The van der Waals surface area contributed by atoms with Gasteiger partial charge in [-0.05, 0) is 18.9 Å². The number of unbranched alkanes of at least 4 members (excludes halogenated alkanes) is 1. The molecule has 0 saturated carbocycles. The topological polar surface area (TPSA) is 114 Å². The highest BCUT2D eigenvalue weighted by Crippen LogP contribution is 2.34. The number of carbonyl (C=O) groups excluding carboxylic acids is 1. The minimum atomic E-state index is 0.123. The summed E-state index contributed by atoms with van der Waals surface area (Å²) in [6.45, 7) is 2.64. The van der Waals surface area contributed by atoms with Crippen LogP contribution >= 0.6 is 0 Å². The highest BCUT2D eigenvalue weighted by atomic mass is 16.5. The summed E-state index contributed by atoms with van der Waals surface area (Å²) >= 11 is 0. The first-order valence-corrected chi connectivity index (χ1v) is 9.40. The molecule has 9 heteroatoms. The Bertz CT molecular complexity index is 837. The van der Waals surface area contributed by atoms with Crippen LogP contribution in [0.2, 0.25) is 0 Å². The third kappa shape index (κ3) is 4.19. The van der Waals surface area contributed by atoms with Gasteiger partial charge in [0.15, 0.2) is 11.5 Å². The molecule has 0 bridgehead atoms. The Morgan fingerprint density at radius 2 is 1.79 bits per heavy atom. The number of hydrogen-bond acceptors (Lipinski definition) is 8. The van der Waals surface area contributed by atoms with Crippen molar-refractivity contribution in [2.24, 2.45) is 0 Å². The van der Waals surface area contributed by atoms with Gasteiger partial charge >= 0.3 is 0 Å². The largest absolute Gasteiger partial charge is 0.493 e. The lowest BCUT2D eigenvalue weighted by Gasteiger charge is -2.35. The highest BCUT2D eigenvalue weighted by molar-refractivity contribution is 5.91. The van der Waals surface area contributed by atoms with Gasteiger partial charge in [-0.1, -0.05) is 0 Å². The number of nitrogens with two attached hydrogens (primary N) is 1. The second kappa shape index (κ2) is 8.92. The van der Waals surface area contributed by atoms with Crippen molar-refractivity contribution in [3.63, 3.8) is 0 Å². The maximum absolute atomic E-state index is 12.2. The van der Waals surface area contributed by atoms with Gasteiger partial charge in [-0.2, -0.15) is 4.98 Å². The van der Waals surface area contributed by atoms with E-state index in [0.717, 1.165) is 0 Å². The minimum absolute atomic E-state index is 0.123. The molecule has 0 atom stereocenters. The number of carbonyl (C=O) groups is 1. The molecular formula is C19H27N5O4. The fourth-order valence-electron chi connectivity index (χ4n) is 3.31. The van der Waals surface area contributed by atoms with Crippen LogP contribution in [0.1, 0.15) is 19.3 Å². The third-order valence-electron chi connectivity index (χ3n) is 4.93. The lowest BCUT2D eigenvalue weighted by molar-refractivity contribution is -0.131. The molecule has 1 aliphatic rings. The molecule has 2 heterocycles. The SMILES string of the molecule is COc1cc2nc(N3CCN(C(=O)CCCCO)CC3)nc(N)c2cc1OC. The number of aliphatic hydroxyl groups excluding tert-OH is 1.